The molecule has 0 saturated carbocycles. The summed E-state index contributed by atoms with van der Waals surface area (Å²) in [5.41, 5.74) is 5.73. The van der Waals surface area contributed by atoms with E-state index >= 15 is 0 Å². The van der Waals surface area contributed by atoms with Crippen molar-refractivity contribution in [1.82, 2.24) is 0 Å². The second-order valence-electron chi connectivity index (χ2n) is 8.30. The fraction of sp³-hybridized carbons (Fsp3) is 0.417. The Bertz CT molecular complexity index is 1070. The van der Waals surface area contributed by atoms with Crippen LogP contribution in [0, 0.1) is 20.8 Å². The number of aryl methyl sites for hydroxylation is 4. The van der Waals surface area contributed by atoms with E-state index in [2.05, 4.69) is 5.32 Å². The van der Waals surface area contributed by atoms with E-state index in [1.54, 1.807) is 4.90 Å². The first-order chi connectivity index (χ1) is 14.7. The molecule has 2 aromatic carbocycles. The summed E-state index contributed by atoms with van der Waals surface area (Å²) >= 11 is 0. The molecule has 1 aliphatic heterocycles. The zero-order valence-electron chi connectivity index (χ0n) is 18.4. The summed E-state index contributed by atoms with van der Waals surface area (Å²) < 4.78 is 25.0. The summed E-state index contributed by atoms with van der Waals surface area (Å²) in [6.45, 7) is 6.40. The molecule has 1 heterocycles. The van der Waals surface area contributed by atoms with Gasteiger partial charge < -0.3 is 10.2 Å². The number of sulfone groups is 1. The number of nitrogens with one attached hydrogen (secondary N) is 1. The molecule has 0 fully saturated rings. The van der Waals surface area contributed by atoms with Crippen molar-refractivity contribution in [3.05, 3.63) is 58.7 Å². The Balaban J connectivity index is 1.53. The van der Waals surface area contributed by atoms with Gasteiger partial charge in [-0.2, -0.15) is 0 Å². The highest BCUT2D eigenvalue weighted by molar-refractivity contribution is 7.92. The second kappa shape index (κ2) is 9.64. The zero-order chi connectivity index (χ0) is 22.6. The van der Waals surface area contributed by atoms with Crippen LogP contribution in [0.4, 0.5) is 11.4 Å². The molecule has 0 aliphatic carbocycles. The molecule has 0 bridgehead atoms. The fourth-order valence-electron chi connectivity index (χ4n) is 4.16. The number of anilines is 2. The van der Waals surface area contributed by atoms with E-state index in [-0.39, 0.29) is 24.5 Å². The molecule has 7 heteroatoms. The van der Waals surface area contributed by atoms with E-state index < -0.39 is 21.5 Å². The molecule has 166 valence electrons. The summed E-state index contributed by atoms with van der Waals surface area (Å²) in [4.78, 5) is 26.6. The standard InChI is InChI=1S/C24H30N2O4S/c1-17-14-18(2)24(19(3)15-17)25-22(27)11-7-13-31(29,30)16-23(28)26-12-6-9-20-8-4-5-10-21(20)26/h4-5,8,10,14-15H,6-7,9,11-13,16H2,1-3H3,(H,25,27). The summed E-state index contributed by atoms with van der Waals surface area (Å²) in [7, 11) is -3.59. The number of carbonyl (C=O) groups excluding carboxylic acids is 2. The number of benzene rings is 2. The summed E-state index contributed by atoms with van der Waals surface area (Å²) in [6.07, 6.45) is 1.98. The second-order valence-corrected chi connectivity index (χ2v) is 10.5. The van der Waals surface area contributed by atoms with Crippen molar-refractivity contribution < 1.29 is 18.0 Å². The summed E-state index contributed by atoms with van der Waals surface area (Å²) in [6, 6.07) is 11.6. The highest BCUT2D eigenvalue weighted by atomic mass is 32.2. The third-order valence-corrected chi connectivity index (χ3v) is 7.15. The number of para-hydroxylation sites is 1. The minimum Gasteiger partial charge on any atom is -0.326 e. The average Bonchev–Trinajstić information content (AvgIpc) is 2.69. The normalized spacial score (nSPS) is 13.6. The van der Waals surface area contributed by atoms with Crippen molar-refractivity contribution in [1.29, 1.82) is 0 Å². The third kappa shape index (κ3) is 5.94. The van der Waals surface area contributed by atoms with Crippen molar-refractivity contribution in [2.75, 3.05) is 28.3 Å². The Kier molecular flexibility index (Phi) is 7.15. The minimum atomic E-state index is -3.59. The predicted octanol–water partition coefficient (Wildman–Crippen LogP) is 3.72. The van der Waals surface area contributed by atoms with Crippen molar-refractivity contribution in [3.63, 3.8) is 0 Å². The number of amides is 2. The maximum atomic E-state index is 12.7. The Labute approximate surface area is 184 Å². The van der Waals surface area contributed by atoms with E-state index in [0.29, 0.717) is 6.54 Å². The molecular weight excluding hydrogens is 412 g/mol. The fourth-order valence-corrected chi connectivity index (χ4v) is 5.42. The first kappa shape index (κ1) is 23.0. The Morgan fingerprint density at radius 3 is 2.45 bits per heavy atom. The van der Waals surface area contributed by atoms with Crippen LogP contribution in [0.15, 0.2) is 36.4 Å². The van der Waals surface area contributed by atoms with Crippen LogP contribution in [0.1, 0.15) is 41.5 Å². The molecule has 31 heavy (non-hydrogen) atoms. The van der Waals surface area contributed by atoms with Crippen LogP contribution in [0.2, 0.25) is 0 Å². The lowest BCUT2D eigenvalue weighted by molar-refractivity contribution is -0.117. The largest absolute Gasteiger partial charge is 0.326 e. The van der Waals surface area contributed by atoms with Gasteiger partial charge in [-0.25, -0.2) is 8.42 Å². The van der Waals surface area contributed by atoms with Crippen LogP contribution in [-0.2, 0) is 25.8 Å². The van der Waals surface area contributed by atoms with E-state index in [1.165, 1.54) is 0 Å². The number of fused-ring (bicyclic) bond motifs is 1. The number of hydrogen-bond donors (Lipinski definition) is 1. The van der Waals surface area contributed by atoms with Gasteiger partial charge in [0.2, 0.25) is 11.8 Å². The van der Waals surface area contributed by atoms with Crippen LogP contribution in [-0.4, -0.2) is 38.3 Å². The van der Waals surface area contributed by atoms with Gasteiger partial charge in [-0.15, -0.1) is 0 Å². The molecule has 3 rings (SSSR count). The van der Waals surface area contributed by atoms with Gasteiger partial charge in [0.1, 0.15) is 5.75 Å². The molecule has 1 N–H and O–H groups in total. The quantitative estimate of drug-likeness (QED) is 0.708. The van der Waals surface area contributed by atoms with Gasteiger partial charge in [0, 0.05) is 24.3 Å². The maximum absolute atomic E-state index is 12.7. The number of rotatable bonds is 7. The lowest BCUT2D eigenvalue weighted by atomic mass is 10.0. The zero-order valence-corrected chi connectivity index (χ0v) is 19.2. The Hall–Kier alpha value is -2.67. The molecule has 0 unspecified atom stereocenters. The minimum absolute atomic E-state index is 0.0900. The summed E-state index contributed by atoms with van der Waals surface area (Å²) in [5.74, 6) is -1.34. The Morgan fingerprint density at radius 2 is 1.74 bits per heavy atom. The molecule has 0 radical (unpaired) electrons. The van der Waals surface area contributed by atoms with Crippen molar-refractivity contribution in [3.8, 4) is 0 Å². The van der Waals surface area contributed by atoms with Crippen LogP contribution >= 0.6 is 0 Å². The molecule has 2 amide bonds. The lowest BCUT2D eigenvalue weighted by Gasteiger charge is -2.29. The molecule has 0 spiro atoms. The van der Waals surface area contributed by atoms with E-state index in [4.69, 9.17) is 0 Å². The van der Waals surface area contributed by atoms with Gasteiger partial charge in [0.15, 0.2) is 9.84 Å². The number of nitrogens with zero attached hydrogens (tertiary/aromatic N) is 1. The first-order valence-electron chi connectivity index (χ1n) is 10.6. The van der Waals surface area contributed by atoms with Crippen molar-refractivity contribution in [2.45, 2.75) is 46.5 Å². The molecule has 1 aliphatic rings. The van der Waals surface area contributed by atoms with Gasteiger partial charge in [-0.1, -0.05) is 35.9 Å². The van der Waals surface area contributed by atoms with Crippen LogP contribution < -0.4 is 10.2 Å². The van der Waals surface area contributed by atoms with Crippen LogP contribution in [0.25, 0.3) is 0 Å². The molecule has 0 atom stereocenters. The maximum Gasteiger partial charge on any atom is 0.242 e. The van der Waals surface area contributed by atoms with Crippen molar-refractivity contribution in [2.24, 2.45) is 0 Å². The van der Waals surface area contributed by atoms with E-state index in [1.807, 2.05) is 57.2 Å². The van der Waals surface area contributed by atoms with Crippen molar-refractivity contribution >= 4 is 33.0 Å². The highest BCUT2D eigenvalue weighted by Crippen LogP contribution is 2.27. The van der Waals surface area contributed by atoms with E-state index in [9.17, 15) is 18.0 Å². The molecule has 2 aromatic rings. The monoisotopic (exact) mass is 442 g/mol. The predicted molar refractivity (Wildman–Crippen MR) is 124 cm³/mol. The lowest BCUT2D eigenvalue weighted by Crippen LogP contribution is -2.39. The summed E-state index contributed by atoms with van der Waals surface area (Å²) in [5, 5.41) is 2.89. The first-order valence-corrected chi connectivity index (χ1v) is 12.4. The van der Waals surface area contributed by atoms with Crippen LogP contribution in [0.3, 0.4) is 0 Å². The smallest absolute Gasteiger partial charge is 0.242 e. The topological polar surface area (TPSA) is 83.5 Å². The average molecular weight is 443 g/mol. The van der Waals surface area contributed by atoms with Gasteiger partial charge >= 0.3 is 0 Å². The number of hydrogen-bond acceptors (Lipinski definition) is 4. The molecule has 6 nitrogen and oxygen atoms in total. The van der Waals surface area contributed by atoms with Gasteiger partial charge in [0.25, 0.3) is 0 Å². The number of carbonyl (C=O) groups is 2. The molecule has 0 aromatic heterocycles. The van der Waals surface area contributed by atoms with Gasteiger partial charge in [0.05, 0.1) is 5.75 Å². The van der Waals surface area contributed by atoms with Gasteiger partial charge in [-0.3, -0.25) is 9.59 Å². The van der Waals surface area contributed by atoms with Gasteiger partial charge in [-0.05, 0) is 62.8 Å². The molecule has 0 saturated heterocycles. The Morgan fingerprint density at radius 1 is 1.06 bits per heavy atom. The van der Waals surface area contributed by atoms with Crippen LogP contribution in [0.5, 0.6) is 0 Å². The SMILES string of the molecule is Cc1cc(C)c(NC(=O)CCCS(=O)(=O)CC(=O)N2CCCc3ccccc32)c(C)c1. The molecular formula is C24H30N2O4S. The van der Waals surface area contributed by atoms with E-state index in [0.717, 1.165) is 46.5 Å². The highest BCUT2D eigenvalue weighted by Gasteiger charge is 2.26. The third-order valence-electron chi connectivity index (χ3n) is 5.56.